The predicted octanol–water partition coefficient (Wildman–Crippen LogP) is 3.93. The molecular weight excluding hydrogens is 306 g/mol. The van der Waals surface area contributed by atoms with Gasteiger partial charge in [-0.3, -0.25) is 4.79 Å². The fourth-order valence-corrected chi connectivity index (χ4v) is 5.07. The molecule has 0 N–H and O–H groups in total. The van der Waals surface area contributed by atoms with Crippen molar-refractivity contribution in [2.45, 2.75) is 44.9 Å². The number of carbonyl (C=O) groups is 1. The Kier molecular flexibility index (Phi) is 6.54. The Labute approximate surface area is 144 Å². The van der Waals surface area contributed by atoms with Crippen molar-refractivity contribution in [3.8, 4) is 0 Å². The summed E-state index contributed by atoms with van der Waals surface area (Å²) in [6, 6.07) is 10.5. The van der Waals surface area contributed by atoms with E-state index >= 15 is 0 Å². The fraction of sp³-hybridized carbons (Fsp3) is 0.632. The second-order valence-electron chi connectivity index (χ2n) is 6.22. The molecule has 4 heteroatoms. The number of benzene rings is 1. The number of likely N-dealkylation sites (tertiary alicyclic amines) is 1. The summed E-state index contributed by atoms with van der Waals surface area (Å²) in [5, 5.41) is 0.0296. The number of carbonyl (C=O) groups excluding carboxylic acids is 1. The maximum atomic E-state index is 12.8. The highest BCUT2D eigenvalue weighted by Crippen LogP contribution is 2.52. The molecule has 0 aromatic heterocycles. The molecule has 0 radical (unpaired) electrons. The summed E-state index contributed by atoms with van der Waals surface area (Å²) in [7, 11) is 0. The van der Waals surface area contributed by atoms with Crippen LogP contribution in [-0.4, -0.2) is 41.6 Å². The molecule has 1 fully saturated rings. The van der Waals surface area contributed by atoms with Gasteiger partial charge in [-0.1, -0.05) is 51.1 Å². The number of hydrogen-bond acceptors (Lipinski definition) is 3. The lowest BCUT2D eigenvalue weighted by atomic mass is 9.69. The van der Waals surface area contributed by atoms with Crippen molar-refractivity contribution in [1.82, 2.24) is 4.90 Å². The molecule has 0 spiro atoms. The van der Waals surface area contributed by atoms with Crippen molar-refractivity contribution in [1.29, 1.82) is 0 Å². The van der Waals surface area contributed by atoms with Gasteiger partial charge < -0.3 is 9.64 Å². The van der Waals surface area contributed by atoms with Gasteiger partial charge in [-0.05, 0) is 30.6 Å². The summed E-state index contributed by atoms with van der Waals surface area (Å²) in [5.41, 5.74) is 1.07. The third-order valence-electron chi connectivity index (χ3n) is 4.66. The van der Waals surface area contributed by atoms with Crippen LogP contribution in [0.25, 0.3) is 0 Å². The number of nitrogens with zero attached hydrogens (tertiary/aromatic N) is 1. The van der Waals surface area contributed by atoms with Crippen LogP contribution in [0.15, 0.2) is 30.3 Å². The molecule has 2 atom stereocenters. The van der Waals surface area contributed by atoms with Crippen LogP contribution in [0.2, 0.25) is 0 Å². The van der Waals surface area contributed by atoms with Crippen molar-refractivity contribution in [3.05, 3.63) is 35.9 Å². The zero-order valence-corrected chi connectivity index (χ0v) is 15.6. The average Bonchev–Trinajstić information content (AvgIpc) is 2.56. The molecule has 1 aromatic rings. The van der Waals surface area contributed by atoms with Crippen molar-refractivity contribution in [2.24, 2.45) is 5.92 Å². The van der Waals surface area contributed by atoms with E-state index in [-0.39, 0.29) is 16.7 Å². The summed E-state index contributed by atoms with van der Waals surface area (Å²) in [6.07, 6.45) is 0.893. The van der Waals surface area contributed by atoms with E-state index in [1.807, 2.05) is 13.0 Å². The van der Waals surface area contributed by atoms with E-state index in [1.54, 1.807) is 11.8 Å². The molecule has 0 saturated carbocycles. The maximum Gasteiger partial charge on any atom is 0.239 e. The Hall–Kier alpha value is -1.00. The minimum atomic E-state index is -0.189. The normalized spacial score (nSPS) is 24.1. The van der Waals surface area contributed by atoms with Gasteiger partial charge in [0, 0.05) is 19.8 Å². The van der Waals surface area contributed by atoms with Gasteiger partial charge >= 0.3 is 0 Å². The van der Waals surface area contributed by atoms with Crippen LogP contribution in [0.3, 0.4) is 0 Å². The molecule has 1 aliphatic heterocycles. The van der Waals surface area contributed by atoms with E-state index in [1.165, 1.54) is 5.56 Å². The fourth-order valence-electron chi connectivity index (χ4n) is 3.68. The molecule has 23 heavy (non-hydrogen) atoms. The van der Waals surface area contributed by atoms with E-state index in [2.05, 4.69) is 49.9 Å². The van der Waals surface area contributed by atoms with Crippen LogP contribution in [0.4, 0.5) is 0 Å². The number of rotatable bonds is 9. The Morgan fingerprint density at radius 1 is 1.26 bits per heavy atom. The lowest BCUT2D eigenvalue weighted by molar-refractivity contribution is -0.161. The molecule has 1 aromatic carbocycles. The summed E-state index contributed by atoms with van der Waals surface area (Å²) in [4.78, 5) is 14.9. The highest BCUT2D eigenvalue weighted by atomic mass is 32.2. The molecule has 128 valence electrons. The summed E-state index contributed by atoms with van der Waals surface area (Å²) < 4.78 is 5.45. The van der Waals surface area contributed by atoms with Crippen molar-refractivity contribution in [2.75, 3.05) is 25.5 Å². The standard InChI is InChI=1S/C19H29NO2S/c1-5-22-14-10-13-20-18(21)17(23-6-2)19(20,15(3)4)16-11-8-7-9-12-16/h7-9,11-12,15,17H,5-6,10,13-14H2,1-4H3. The zero-order chi connectivity index (χ0) is 16.9. The van der Waals surface area contributed by atoms with Gasteiger partial charge in [0.05, 0.1) is 5.54 Å². The highest BCUT2D eigenvalue weighted by molar-refractivity contribution is 8.00. The Morgan fingerprint density at radius 3 is 2.52 bits per heavy atom. The van der Waals surface area contributed by atoms with Gasteiger partial charge in [0.25, 0.3) is 0 Å². The van der Waals surface area contributed by atoms with Crippen molar-refractivity contribution < 1.29 is 9.53 Å². The van der Waals surface area contributed by atoms with Gasteiger partial charge in [0.15, 0.2) is 0 Å². The number of thioether (sulfide) groups is 1. The molecule has 0 aliphatic carbocycles. The van der Waals surface area contributed by atoms with Gasteiger partial charge in [0.1, 0.15) is 5.25 Å². The van der Waals surface area contributed by atoms with Crippen LogP contribution in [0.5, 0.6) is 0 Å². The van der Waals surface area contributed by atoms with E-state index < -0.39 is 0 Å². The van der Waals surface area contributed by atoms with Gasteiger partial charge in [0.2, 0.25) is 5.91 Å². The Morgan fingerprint density at radius 2 is 1.96 bits per heavy atom. The van der Waals surface area contributed by atoms with Crippen LogP contribution >= 0.6 is 11.8 Å². The SMILES string of the molecule is CCOCCCN1C(=O)C(SCC)C1(c1ccccc1)C(C)C. The monoisotopic (exact) mass is 335 g/mol. The van der Waals surface area contributed by atoms with E-state index in [4.69, 9.17) is 4.74 Å². The second kappa shape index (κ2) is 8.20. The van der Waals surface area contributed by atoms with Crippen LogP contribution < -0.4 is 0 Å². The van der Waals surface area contributed by atoms with E-state index in [0.29, 0.717) is 5.92 Å². The molecule has 2 rings (SSSR count). The molecule has 0 bridgehead atoms. The number of amides is 1. The van der Waals surface area contributed by atoms with Crippen molar-refractivity contribution >= 4 is 17.7 Å². The molecular formula is C19H29NO2S. The largest absolute Gasteiger partial charge is 0.382 e. The zero-order valence-electron chi connectivity index (χ0n) is 14.7. The quantitative estimate of drug-likeness (QED) is 0.506. The molecule has 1 saturated heterocycles. The first-order chi connectivity index (χ1) is 11.1. The van der Waals surface area contributed by atoms with Crippen LogP contribution in [0.1, 0.15) is 39.7 Å². The predicted molar refractivity (Wildman–Crippen MR) is 97.7 cm³/mol. The molecule has 1 amide bonds. The van der Waals surface area contributed by atoms with Gasteiger partial charge in [-0.15, -0.1) is 11.8 Å². The minimum Gasteiger partial charge on any atom is -0.382 e. The van der Waals surface area contributed by atoms with Gasteiger partial charge in [-0.25, -0.2) is 0 Å². The summed E-state index contributed by atoms with van der Waals surface area (Å²) in [6.45, 7) is 10.8. The molecule has 3 nitrogen and oxygen atoms in total. The first-order valence-corrected chi connectivity index (χ1v) is 9.71. The molecule has 2 unspecified atom stereocenters. The lowest BCUT2D eigenvalue weighted by Gasteiger charge is -2.60. The third-order valence-corrected chi connectivity index (χ3v) is 5.89. The number of ether oxygens (including phenoxy) is 1. The van der Waals surface area contributed by atoms with E-state index in [0.717, 1.165) is 31.9 Å². The minimum absolute atomic E-state index is 0.0296. The first kappa shape index (κ1) is 18.3. The first-order valence-electron chi connectivity index (χ1n) is 8.66. The maximum absolute atomic E-state index is 12.8. The third kappa shape index (κ3) is 3.29. The smallest absolute Gasteiger partial charge is 0.239 e. The summed E-state index contributed by atoms with van der Waals surface area (Å²) >= 11 is 1.78. The average molecular weight is 336 g/mol. The van der Waals surface area contributed by atoms with E-state index in [9.17, 15) is 4.79 Å². The second-order valence-corrected chi connectivity index (χ2v) is 7.60. The molecule has 1 aliphatic rings. The lowest BCUT2D eigenvalue weighted by Crippen LogP contribution is -2.73. The van der Waals surface area contributed by atoms with Gasteiger partial charge in [-0.2, -0.15) is 0 Å². The van der Waals surface area contributed by atoms with Crippen molar-refractivity contribution in [3.63, 3.8) is 0 Å². The Bertz CT molecular complexity index is 505. The topological polar surface area (TPSA) is 29.5 Å². The summed E-state index contributed by atoms with van der Waals surface area (Å²) in [5.74, 6) is 1.62. The molecule has 1 heterocycles. The highest BCUT2D eigenvalue weighted by Gasteiger charge is 2.62. The van der Waals surface area contributed by atoms with Crippen LogP contribution in [0, 0.1) is 5.92 Å². The Balaban J connectivity index is 2.30. The number of hydrogen-bond donors (Lipinski definition) is 0. The van der Waals surface area contributed by atoms with Crippen LogP contribution in [-0.2, 0) is 15.1 Å². The number of β-lactam (4-membered cyclic amide) rings is 1.